The van der Waals surface area contributed by atoms with Crippen LogP contribution in [0, 0.1) is 19.7 Å². The van der Waals surface area contributed by atoms with E-state index in [4.69, 9.17) is 11.6 Å². The maximum atomic E-state index is 13.0. The lowest BCUT2D eigenvalue weighted by molar-refractivity contribution is 0.627. The minimum Gasteiger partial charge on any atom is -0.207 e. The summed E-state index contributed by atoms with van der Waals surface area (Å²) in [6.45, 7) is 4.16. The monoisotopic (exact) mass is 332 g/mol. The van der Waals surface area contributed by atoms with Crippen LogP contribution in [0.5, 0.6) is 0 Å². The second-order valence-electron chi connectivity index (χ2n) is 3.90. The van der Waals surface area contributed by atoms with Crippen LogP contribution in [0.3, 0.4) is 0 Å². The number of hydrogen-bond acceptors (Lipinski definition) is 1. The average molecular weight is 334 g/mol. The molecule has 1 unspecified atom stereocenters. The quantitative estimate of drug-likeness (QED) is 0.624. The van der Waals surface area contributed by atoms with E-state index in [1.54, 1.807) is 17.4 Å². The minimum absolute atomic E-state index is 0.0144. The molecule has 0 saturated heterocycles. The van der Waals surface area contributed by atoms with Crippen LogP contribution in [-0.2, 0) is 0 Å². The summed E-state index contributed by atoms with van der Waals surface area (Å²) in [5, 5.41) is 0.454. The second kappa shape index (κ2) is 5.09. The Morgan fingerprint density at radius 1 is 1.24 bits per heavy atom. The molecule has 4 heteroatoms. The standard InChI is InChI=1S/C13H11BrClFS/c1-7-5-11(8(2)17-7)13(14)10-4-3-9(16)6-12(10)15/h3-6,13H,1-2H3. The SMILES string of the molecule is Cc1cc(C(Br)c2ccc(F)cc2Cl)c(C)s1. The van der Waals surface area contributed by atoms with Gasteiger partial charge in [-0.15, -0.1) is 11.3 Å². The third-order valence-corrected chi connectivity index (χ3v) is 4.88. The van der Waals surface area contributed by atoms with Gasteiger partial charge in [0.2, 0.25) is 0 Å². The molecule has 0 spiro atoms. The molecule has 0 bridgehead atoms. The van der Waals surface area contributed by atoms with Gasteiger partial charge < -0.3 is 0 Å². The molecule has 0 nitrogen and oxygen atoms in total. The van der Waals surface area contributed by atoms with Crippen molar-refractivity contribution in [3.05, 3.63) is 56.0 Å². The van der Waals surface area contributed by atoms with Gasteiger partial charge >= 0.3 is 0 Å². The molecule has 0 aliphatic carbocycles. The Labute approximate surface area is 118 Å². The number of rotatable bonds is 2. The zero-order valence-corrected chi connectivity index (χ0v) is 12.6. The third kappa shape index (κ3) is 2.72. The van der Waals surface area contributed by atoms with E-state index in [2.05, 4.69) is 35.8 Å². The summed E-state index contributed by atoms with van der Waals surface area (Å²) in [6, 6.07) is 6.65. The Balaban J connectivity index is 2.43. The summed E-state index contributed by atoms with van der Waals surface area (Å²) in [4.78, 5) is 2.53. The summed E-state index contributed by atoms with van der Waals surface area (Å²) in [5.74, 6) is -0.309. The fraction of sp³-hybridized carbons (Fsp3) is 0.231. The maximum absolute atomic E-state index is 13.0. The lowest BCUT2D eigenvalue weighted by atomic mass is 10.1. The Morgan fingerprint density at radius 3 is 2.47 bits per heavy atom. The molecule has 17 heavy (non-hydrogen) atoms. The first kappa shape index (κ1) is 13.1. The van der Waals surface area contributed by atoms with E-state index in [9.17, 15) is 4.39 Å². The van der Waals surface area contributed by atoms with Crippen molar-refractivity contribution in [1.29, 1.82) is 0 Å². The van der Waals surface area contributed by atoms with Crippen molar-refractivity contribution >= 4 is 38.9 Å². The van der Waals surface area contributed by atoms with Crippen molar-refractivity contribution in [2.24, 2.45) is 0 Å². The normalized spacial score (nSPS) is 12.8. The van der Waals surface area contributed by atoms with E-state index < -0.39 is 0 Å². The fourth-order valence-corrected chi connectivity index (χ4v) is 4.17. The molecule has 0 N–H and O–H groups in total. The molecule has 2 aromatic rings. The molecular weight excluding hydrogens is 323 g/mol. The minimum atomic E-state index is -0.309. The van der Waals surface area contributed by atoms with Crippen LogP contribution >= 0.6 is 38.9 Å². The summed E-state index contributed by atoms with van der Waals surface area (Å²) in [6.07, 6.45) is 0. The van der Waals surface area contributed by atoms with E-state index in [-0.39, 0.29) is 10.6 Å². The molecule has 90 valence electrons. The number of alkyl halides is 1. The molecule has 0 fully saturated rings. The molecule has 0 radical (unpaired) electrons. The topological polar surface area (TPSA) is 0 Å². The predicted molar refractivity (Wildman–Crippen MR) is 76.0 cm³/mol. The highest BCUT2D eigenvalue weighted by atomic mass is 79.9. The third-order valence-electron chi connectivity index (χ3n) is 2.59. The lowest BCUT2D eigenvalue weighted by Gasteiger charge is -2.12. The average Bonchev–Trinajstić information content (AvgIpc) is 2.57. The summed E-state index contributed by atoms with van der Waals surface area (Å²) >= 11 is 11.5. The molecule has 1 aromatic carbocycles. The first-order valence-corrected chi connectivity index (χ1v) is 7.26. The first-order valence-electron chi connectivity index (χ1n) is 5.15. The van der Waals surface area contributed by atoms with Crippen LogP contribution in [0.1, 0.15) is 25.7 Å². The Hall–Kier alpha value is -0.380. The van der Waals surface area contributed by atoms with Crippen molar-refractivity contribution in [1.82, 2.24) is 0 Å². The van der Waals surface area contributed by atoms with Gasteiger partial charge in [-0.25, -0.2) is 4.39 Å². The van der Waals surface area contributed by atoms with Gasteiger partial charge in [0, 0.05) is 14.8 Å². The van der Waals surface area contributed by atoms with Gasteiger partial charge in [0.05, 0.1) is 4.83 Å². The number of aryl methyl sites for hydroxylation is 2. The molecule has 0 aliphatic rings. The van der Waals surface area contributed by atoms with E-state index in [1.165, 1.54) is 27.5 Å². The van der Waals surface area contributed by atoms with Crippen LogP contribution < -0.4 is 0 Å². The number of benzene rings is 1. The van der Waals surface area contributed by atoms with Crippen LogP contribution in [0.4, 0.5) is 4.39 Å². The van der Waals surface area contributed by atoms with Gasteiger partial charge in [-0.2, -0.15) is 0 Å². The molecular formula is C13H11BrClFS. The van der Waals surface area contributed by atoms with Crippen LogP contribution in [0.25, 0.3) is 0 Å². The van der Waals surface area contributed by atoms with Crippen LogP contribution in [0.15, 0.2) is 24.3 Å². The highest BCUT2D eigenvalue weighted by Crippen LogP contribution is 2.39. The molecule has 0 aliphatic heterocycles. The maximum Gasteiger partial charge on any atom is 0.124 e. The first-order chi connectivity index (χ1) is 7.99. The van der Waals surface area contributed by atoms with Gasteiger partial charge in [0.1, 0.15) is 5.82 Å². The van der Waals surface area contributed by atoms with Crippen molar-refractivity contribution in [2.45, 2.75) is 18.7 Å². The predicted octanol–water partition coefficient (Wildman–Crippen LogP) is 5.64. The zero-order valence-electron chi connectivity index (χ0n) is 9.43. The molecule has 1 aromatic heterocycles. The molecule has 1 heterocycles. The Kier molecular flexibility index (Phi) is 3.91. The lowest BCUT2D eigenvalue weighted by Crippen LogP contribution is -1.94. The van der Waals surface area contributed by atoms with E-state index in [1.807, 2.05) is 0 Å². The summed E-state index contributed by atoms with van der Waals surface area (Å²) in [5.41, 5.74) is 2.09. The van der Waals surface area contributed by atoms with E-state index in [0.29, 0.717) is 5.02 Å². The van der Waals surface area contributed by atoms with Crippen molar-refractivity contribution in [3.8, 4) is 0 Å². The van der Waals surface area contributed by atoms with Crippen LogP contribution in [0.2, 0.25) is 5.02 Å². The Bertz CT molecular complexity index is 550. The van der Waals surface area contributed by atoms with Crippen LogP contribution in [-0.4, -0.2) is 0 Å². The number of hydrogen-bond donors (Lipinski definition) is 0. The largest absolute Gasteiger partial charge is 0.207 e. The van der Waals surface area contributed by atoms with Gasteiger partial charge in [-0.3, -0.25) is 0 Å². The van der Waals surface area contributed by atoms with Crippen molar-refractivity contribution in [3.63, 3.8) is 0 Å². The number of halogens is 3. The van der Waals surface area contributed by atoms with Gasteiger partial charge in [-0.05, 0) is 43.2 Å². The van der Waals surface area contributed by atoms with E-state index >= 15 is 0 Å². The van der Waals surface area contributed by atoms with Gasteiger partial charge in [0.25, 0.3) is 0 Å². The van der Waals surface area contributed by atoms with Crippen molar-refractivity contribution in [2.75, 3.05) is 0 Å². The van der Waals surface area contributed by atoms with Gasteiger partial charge in [0.15, 0.2) is 0 Å². The highest BCUT2D eigenvalue weighted by Gasteiger charge is 2.17. The summed E-state index contributed by atoms with van der Waals surface area (Å²) in [7, 11) is 0. The summed E-state index contributed by atoms with van der Waals surface area (Å²) < 4.78 is 13.0. The molecule has 0 saturated carbocycles. The molecule has 0 amide bonds. The molecule has 2 rings (SSSR count). The second-order valence-corrected chi connectivity index (χ2v) is 6.68. The fourth-order valence-electron chi connectivity index (χ4n) is 1.78. The Morgan fingerprint density at radius 2 is 1.94 bits per heavy atom. The molecule has 1 atom stereocenters. The van der Waals surface area contributed by atoms with E-state index in [0.717, 1.165) is 5.56 Å². The highest BCUT2D eigenvalue weighted by molar-refractivity contribution is 9.09. The van der Waals surface area contributed by atoms with Gasteiger partial charge in [-0.1, -0.05) is 33.6 Å². The smallest absolute Gasteiger partial charge is 0.124 e. The zero-order chi connectivity index (χ0) is 12.6. The van der Waals surface area contributed by atoms with Crippen molar-refractivity contribution < 1.29 is 4.39 Å². The number of thiophene rings is 1.